The Kier molecular flexibility index (Phi) is 4.74. The van der Waals surface area contributed by atoms with Crippen molar-refractivity contribution in [2.45, 2.75) is 67.9 Å². The maximum absolute atomic E-state index is 14.5. The third-order valence-corrected chi connectivity index (χ3v) is 6.29. The van der Waals surface area contributed by atoms with Gasteiger partial charge in [0.15, 0.2) is 0 Å². The van der Waals surface area contributed by atoms with E-state index < -0.39 is 30.5 Å². The van der Waals surface area contributed by atoms with Gasteiger partial charge in [-0.15, -0.1) is 4.78 Å². The summed E-state index contributed by atoms with van der Waals surface area (Å²) in [6.07, 6.45) is 0.146. The summed E-state index contributed by atoms with van der Waals surface area (Å²) in [4.78, 5) is 0. The smallest absolute Gasteiger partial charge is 0.138 e. The van der Waals surface area contributed by atoms with Crippen LogP contribution < -0.4 is 0 Å². The van der Waals surface area contributed by atoms with Gasteiger partial charge in [0.1, 0.15) is 34.8 Å². The summed E-state index contributed by atoms with van der Waals surface area (Å²) in [7, 11) is 0. The molecule has 8 atom stereocenters. The number of hydrogen-bond donors (Lipinski definition) is 1. The van der Waals surface area contributed by atoms with E-state index in [-0.39, 0.29) is 11.8 Å². The van der Waals surface area contributed by atoms with E-state index >= 15 is 0 Å². The molecule has 2 radical (unpaired) electrons. The Morgan fingerprint density at radius 2 is 1.81 bits per heavy atom. The van der Waals surface area contributed by atoms with Crippen molar-refractivity contribution in [3.8, 4) is 0 Å². The van der Waals surface area contributed by atoms with Gasteiger partial charge in [-0.2, -0.15) is 0 Å². The lowest BCUT2D eigenvalue weighted by atomic mass is 9.62. The molecule has 5 heteroatoms. The molecule has 0 aromatic carbocycles. The quantitative estimate of drug-likeness (QED) is 0.580. The number of aliphatic hydroxyl groups is 1. The Morgan fingerprint density at radius 1 is 1.05 bits per heavy atom. The molecule has 1 nitrogen and oxygen atoms in total. The fourth-order valence-corrected chi connectivity index (χ4v) is 4.72. The third-order valence-electron chi connectivity index (χ3n) is 5.69. The molecule has 0 amide bonds. The number of allylic oxidation sites excluding steroid dienone is 2. The first-order chi connectivity index (χ1) is 9.99. The first-order valence-electron chi connectivity index (χ1n) is 8.03. The van der Waals surface area contributed by atoms with E-state index in [1.54, 1.807) is 0 Å². The molecule has 3 rings (SSSR count). The Morgan fingerprint density at radius 3 is 2.48 bits per heavy atom. The second-order valence-electron chi connectivity index (χ2n) is 6.97. The van der Waals surface area contributed by atoms with Gasteiger partial charge < -0.3 is 5.11 Å². The van der Waals surface area contributed by atoms with Crippen LogP contribution in [0.25, 0.3) is 0 Å². The summed E-state index contributed by atoms with van der Waals surface area (Å²) in [6.45, 7) is 0. The molecule has 116 valence electrons. The van der Waals surface area contributed by atoms with Crippen LogP contribution in [-0.4, -0.2) is 46.0 Å². The van der Waals surface area contributed by atoms with Crippen LogP contribution in [0.3, 0.4) is 0 Å². The number of halogens is 3. The molecule has 0 aromatic rings. The zero-order valence-electron chi connectivity index (χ0n) is 12.1. The molecule has 0 bridgehead atoms. The summed E-state index contributed by atoms with van der Waals surface area (Å²) >= 11 is 2.78. The highest BCUT2D eigenvalue weighted by atomic mass is 27.0. The van der Waals surface area contributed by atoms with Crippen LogP contribution in [0.1, 0.15) is 38.5 Å². The molecular formula is C16H22AlF3O. The molecule has 0 heterocycles. The first kappa shape index (κ1) is 15.9. The van der Waals surface area contributed by atoms with Crippen molar-refractivity contribution in [1.82, 2.24) is 0 Å². The van der Waals surface area contributed by atoms with Crippen molar-refractivity contribution < 1.29 is 18.3 Å². The summed E-state index contributed by atoms with van der Waals surface area (Å²) in [5, 5.41) is 9.59. The summed E-state index contributed by atoms with van der Waals surface area (Å²) in [5.41, 5.74) is 1.03. The Labute approximate surface area is 132 Å². The van der Waals surface area contributed by atoms with Crippen molar-refractivity contribution in [2.75, 3.05) is 0 Å². The number of aliphatic hydroxyl groups excluding tert-OH is 1. The van der Waals surface area contributed by atoms with Crippen LogP contribution in [0.4, 0.5) is 13.2 Å². The Hall–Kier alpha value is 0.0225. The van der Waals surface area contributed by atoms with Crippen LogP contribution in [-0.2, 0) is 0 Å². The van der Waals surface area contributed by atoms with Crippen LogP contribution in [0.15, 0.2) is 11.6 Å². The van der Waals surface area contributed by atoms with Crippen LogP contribution in [0.5, 0.6) is 0 Å². The Bertz CT molecular complexity index is 414. The molecule has 1 N–H and O–H groups in total. The predicted octanol–water partition coefficient (Wildman–Crippen LogP) is 3.48. The second-order valence-corrected chi connectivity index (χ2v) is 7.91. The minimum Gasteiger partial charge on any atom is -0.390 e. The second kappa shape index (κ2) is 6.26. The number of rotatable bonds is 1. The SMILES string of the molecule is OC1CCC2CC(C3=CC[CH]([Al])CC3)C(F)C(F)C2C1F. The number of hydrogen-bond acceptors (Lipinski definition) is 1. The van der Waals surface area contributed by atoms with E-state index in [9.17, 15) is 18.3 Å². The predicted molar refractivity (Wildman–Crippen MR) is 76.5 cm³/mol. The van der Waals surface area contributed by atoms with Gasteiger partial charge in [-0.05, 0) is 38.0 Å². The monoisotopic (exact) mass is 314 g/mol. The molecular weight excluding hydrogens is 292 g/mol. The number of fused-ring (bicyclic) bond motifs is 1. The molecule has 0 spiro atoms. The molecule has 3 aliphatic rings. The molecule has 0 aromatic heterocycles. The largest absolute Gasteiger partial charge is 0.390 e. The van der Waals surface area contributed by atoms with Crippen molar-refractivity contribution in [3.05, 3.63) is 11.6 Å². The maximum atomic E-state index is 14.5. The minimum atomic E-state index is -1.78. The highest BCUT2D eigenvalue weighted by molar-refractivity contribution is 6.11. The average molecular weight is 314 g/mol. The van der Waals surface area contributed by atoms with E-state index in [4.69, 9.17) is 0 Å². The average Bonchev–Trinajstić information content (AvgIpc) is 2.47. The van der Waals surface area contributed by atoms with Crippen LogP contribution in [0, 0.1) is 17.8 Å². The van der Waals surface area contributed by atoms with Gasteiger partial charge in [0.25, 0.3) is 0 Å². The van der Waals surface area contributed by atoms with E-state index in [0.717, 1.165) is 24.8 Å². The first-order valence-corrected chi connectivity index (χ1v) is 8.70. The summed E-state index contributed by atoms with van der Waals surface area (Å²) in [5.74, 6) is -1.48. The molecule has 8 unspecified atom stereocenters. The fourth-order valence-electron chi connectivity index (χ4n) is 4.42. The third kappa shape index (κ3) is 2.94. The number of alkyl halides is 3. The van der Waals surface area contributed by atoms with E-state index in [1.165, 1.54) is 0 Å². The van der Waals surface area contributed by atoms with E-state index in [0.29, 0.717) is 24.0 Å². The van der Waals surface area contributed by atoms with Crippen LogP contribution >= 0.6 is 0 Å². The molecule has 3 aliphatic carbocycles. The molecule has 0 aliphatic heterocycles. The van der Waals surface area contributed by atoms with Gasteiger partial charge in [0.2, 0.25) is 0 Å². The lowest BCUT2D eigenvalue weighted by Crippen LogP contribution is -2.53. The normalized spacial score (nSPS) is 51.1. The zero-order valence-corrected chi connectivity index (χ0v) is 13.3. The minimum absolute atomic E-state index is 0.134. The van der Waals surface area contributed by atoms with Crippen molar-refractivity contribution in [3.63, 3.8) is 0 Å². The van der Waals surface area contributed by atoms with Gasteiger partial charge in [-0.1, -0.05) is 18.1 Å². The zero-order chi connectivity index (χ0) is 15.1. The van der Waals surface area contributed by atoms with Gasteiger partial charge in [0, 0.05) is 11.8 Å². The lowest BCUT2D eigenvalue weighted by Gasteiger charge is -2.47. The molecule has 2 fully saturated rings. The van der Waals surface area contributed by atoms with Gasteiger partial charge in [-0.25, -0.2) is 13.2 Å². The molecule has 0 saturated heterocycles. The highest BCUT2D eigenvalue weighted by Gasteiger charge is 2.53. The van der Waals surface area contributed by atoms with Crippen LogP contribution in [0.2, 0.25) is 4.78 Å². The van der Waals surface area contributed by atoms with Gasteiger partial charge >= 0.3 is 0 Å². The maximum Gasteiger partial charge on any atom is 0.138 e. The van der Waals surface area contributed by atoms with Crippen molar-refractivity contribution >= 4 is 16.3 Å². The molecule has 2 saturated carbocycles. The van der Waals surface area contributed by atoms with E-state index in [1.807, 2.05) is 0 Å². The summed E-state index contributed by atoms with van der Waals surface area (Å²) in [6, 6.07) is 0. The highest BCUT2D eigenvalue weighted by Crippen LogP contribution is 2.49. The van der Waals surface area contributed by atoms with Crippen molar-refractivity contribution in [1.29, 1.82) is 0 Å². The summed E-state index contributed by atoms with van der Waals surface area (Å²) < 4.78 is 43.6. The standard InChI is InChI=1S/C16H22F3O.Al/c17-14-11(9-4-2-1-3-5-9)8-10-6-7-12(20)15(18)13(10)16(14)19;/h1,4,10-16,20H,2-3,5-8H2;. The van der Waals surface area contributed by atoms with Crippen molar-refractivity contribution in [2.24, 2.45) is 17.8 Å². The topological polar surface area (TPSA) is 20.2 Å². The van der Waals surface area contributed by atoms with Gasteiger partial charge in [0.05, 0.1) is 6.10 Å². The molecule has 21 heavy (non-hydrogen) atoms. The van der Waals surface area contributed by atoms with E-state index in [2.05, 4.69) is 22.4 Å². The fraction of sp³-hybridized carbons (Fsp3) is 0.875. The lowest BCUT2D eigenvalue weighted by molar-refractivity contribution is -0.100. The van der Waals surface area contributed by atoms with Gasteiger partial charge in [-0.3, -0.25) is 0 Å². The Balaban J connectivity index is 1.78.